The molecule has 0 aliphatic carbocycles. The summed E-state index contributed by atoms with van der Waals surface area (Å²) in [5.41, 5.74) is 0.845. The molecule has 0 heterocycles. The number of carbonyl (C=O) groups excluding carboxylic acids is 2. The zero-order chi connectivity index (χ0) is 29.3. The fourth-order valence-electron chi connectivity index (χ4n) is 3.99. The Bertz CT molecular complexity index is 1400. The molecule has 0 aliphatic rings. The fraction of sp³-hybridized carbons (Fsp3) is 0.310. The predicted octanol–water partition coefficient (Wildman–Crippen LogP) is 4.50. The minimum absolute atomic E-state index is 0.00865. The number of nitrogens with zero attached hydrogens (tertiary/aromatic N) is 2. The lowest BCUT2D eigenvalue weighted by Crippen LogP contribution is -2.51. The number of rotatable bonds is 13. The Morgan fingerprint density at radius 3 is 2.25 bits per heavy atom. The molecule has 0 bridgehead atoms. The zero-order valence-corrected chi connectivity index (χ0v) is 24.5. The minimum atomic E-state index is -4.25. The minimum Gasteiger partial charge on any atom is -0.497 e. The van der Waals surface area contributed by atoms with Crippen LogP contribution >= 0.6 is 11.6 Å². The summed E-state index contributed by atoms with van der Waals surface area (Å²) in [6, 6.07) is 18.5. The molecule has 0 fully saturated rings. The van der Waals surface area contributed by atoms with Crippen molar-refractivity contribution < 1.29 is 27.5 Å². The lowest BCUT2D eigenvalue weighted by Gasteiger charge is -2.32. The van der Waals surface area contributed by atoms with Crippen molar-refractivity contribution in [2.45, 2.75) is 37.8 Å². The van der Waals surface area contributed by atoms with E-state index in [2.05, 4.69) is 5.32 Å². The van der Waals surface area contributed by atoms with E-state index < -0.39 is 28.5 Å². The quantitative estimate of drug-likeness (QED) is 0.316. The third-order valence-electron chi connectivity index (χ3n) is 6.25. The molecule has 11 heteroatoms. The number of ether oxygens (including phenoxy) is 2. The standard InChI is InChI=1S/C29H34ClN3O6S/c1-5-17-31-29(35)21(2)32(19-22-11-13-23(30)14-12-22)28(34)20-33(40(36,37)25-9-7-6-8-10-25)26-18-24(38-3)15-16-27(26)39-4/h6-16,18,21H,5,17,19-20H2,1-4H3,(H,31,35). The van der Waals surface area contributed by atoms with E-state index in [1.807, 2.05) is 6.92 Å². The number of nitrogens with one attached hydrogen (secondary N) is 1. The van der Waals surface area contributed by atoms with Crippen LogP contribution in [-0.2, 0) is 26.2 Å². The number of sulfonamides is 1. The number of anilines is 1. The summed E-state index contributed by atoms with van der Waals surface area (Å²) in [5.74, 6) is -0.327. The molecule has 0 saturated heterocycles. The van der Waals surface area contributed by atoms with Crippen LogP contribution in [0.3, 0.4) is 0 Å². The van der Waals surface area contributed by atoms with Gasteiger partial charge < -0.3 is 19.7 Å². The lowest BCUT2D eigenvalue weighted by molar-refractivity contribution is -0.139. The van der Waals surface area contributed by atoms with Crippen molar-refractivity contribution in [3.8, 4) is 11.5 Å². The van der Waals surface area contributed by atoms with Gasteiger partial charge in [0.05, 0.1) is 24.8 Å². The molecule has 214 valence electrons. The van der Waals surface area contributed by atoms with Crippen LogP contribution in [0.25, 0.3) is 0 Å². The van der Waals surface area contributed by atoms with Crippen molar-refractivity contribution in [1.29, 1.82) is 0 Å². The van der Waals surface area contributed by atoms with Gasteiger partial charge in [0.25, 0.3) is 10.0 Å². The van der Waals surface area contributed by atoms with Crippen LogP contribution in [0.2, 0.25) is 5.02 Å². The number of amides is 2. The smallest absolute Gasteiger partial charge is 0.264 e. The molecule has 1 unspecified atom stereocenters. The molecule has 0 radical (unpaired) electrons. The van der Waals surface area contributed by atoms with E-state index in [-0.39, 0.29) is 28.8 Å². The van der Waals surface area contributed by atoms with E-state index in [9.17, 15) is 18.0 Å². The molecule has 0 aromatic heterocycles. The van der Waals surface area contributed by atoms with Gasteiger partial charge in [-0.05, 0) is 55.3 Å². The first-order chi connectivity index (χ1) is 19.1. The largest absolute Gasteiger partial charge is 0.497 e. The summed E-state index contributed by atoms with van der Waals surface area (Å²) in [4.78, 5) is 28.3. The molecule has 3 aromatic carbocycles. The van der Waals surface area contributed by atoms with Crippen LogP contribution in [0.4, 0.5) is 5.69 Å². The van der Waals surface area contributed by atoms with Crippen molar-refractivity contribution >= 4 is 39.1 Å². The number of benzene rings is 3. The maximum absolute atomic E-state index is 14.0. The summed E-state index contributed by atoms with van der Waals surface area (Å²) >= 11 is 6.04. The Balaban J connectivity index is 2.09. The Morgan fingerprint density at radius 1 is 0.975 bits per heavy atom. The maximum atomic E-state index is 14.0. The van der Waals surface area contributed by atoms with E-state index in [4.69, 9.17) is 21.1 Å². The van der Waals surface area contributed by atoms with Crippen LogP contribution in [0.1, 0.15) is 25.8 Å². The van der Waals surface area contributed by atoms with E-state index >= 15 is 0 Å². The van der Waals surface area contributed by atoms with Gasteiger partial charge in [0, 0.05) is 24.2 Å². The van der Waals surface area contributed by atoms with Crippen LogP contribution in [0.15, 0.2) is 77.7 Å². The van der Waals surface area contributed by atoms with Gasteiger partial charge in [-0.2, -0.15) is 0 Å². The highest BCUT2D eigenvalue weighted by atomic mass is 35.5. The lowest BCUT2D eigenvalue weighted by atomic mass is 10.1. The highest BCUT2D eigenvalue weighted by molar-refractivity contribution is 7.92. The van der Waals surface area contributed by atoms with Gasteiger partial charge >= 0.3 is 0 Å². The zero-order valence-electron chi connectivity index (χ0n) is 23.0. The van der Waals surface area contributed by atoms with Crippen LogP contribution in [0, 0.1) is 0 Å². The van der Waals surface area contributed by atoms with E-state index in [0.717, 1.165) is 16.3 Å². The summed E-state index contributed by atoms with van der Waals surface area (Å²) in [6.45, 7) is 3.45. The monoisotopic (exact) mass is 587 g/mol. The number of halogens is 1. The highest BCUT2D eigenvalue weighted by Gasteiger charge is 2.34. The highest BCUT2D eigenvalue weighted by Crippen LogP contribution is 2.36. The number of methoxy groups -OCH3 is 2. The molecule has 3 rings (SSSR count). The van der Waals surface area contributed by atoms with Gasteiger partial charge in [0.1, 0.15) is 24.1 Å². The predicted molar refractivity (Wildman–Crippen MR) is 155 cm³/mol. The molecule has 2 amide bonds. The van der Waals surface area contributed by atoms with E-state index in [1.165, 1.54) is 37.3 Å². The van der Waals surface area contributed by atoms with Crippen molar-refractivity contribution in [2.75, 3.05) is 31.6 Å². The average molecular weight is 588 g/mol. The van der Waals surface area contributed by atoms with Gasteiger partial charge in [-0.3, -0.25) is 13.9 Å². The van der Waals surface area contributed by atoms with Gasteiger partial charge in [0.15, 0.2) is 0 Å². The van der Waals surface area contributed by atoms with Crippen molar-refractivity contribution in [1.82, 2.24) is 10.2 Å². The van der Waals surface area contributed by atoms with Crippen molar-refractivity contribution in [2.24, 2.45) is 0 Å². The van der Waals surface area contributed by atoms with Gasteiger partial charge in [0.2, 0.25) is 11.8 Å². The molecule has 1 N–H and O–H groups in total. The molecule has 40 heavy (non-hydrogen) atoms. The molecule has 0 saturated carbocycles. The summed E-state index contributed by atoms with van der Waals surface area (Å²) in [6.07, 6.45) is 0.725. The second kappa shape index (κ2) is 14.0. The maximum Gasteiger partial charge on any atom is 0.264 e. The van der Waals surface area contributed by atoms with E-state index in [1.54, 1.807) is 61.5 Å². The van der Waals surface area contributed by atoms with Crippen molar-refractivity contribution in [3.63, 3.8) is 0 Å². The van der Waals surface area contributed by atoms with Crippen LogP contribution < -0.4 is 19.1 Å². The molecule has 0 aliphatic heterocycles. The molecule has 3 aromatic rings. The molecular weight excluding hydrogens is 554 g/mol. The van der Waals surface area contributed by atoms with Gasteiger partial charge in [-0.25, -0.2) is 8.42 Å². The first kappa shape index (κ1) is 30.8. The van der Waals surface area contributed by atoms with Gasteiger partial charge in [-0.15, -0.1) is 0 Å². The SMILES string of the molecule is CCCNC(=O)C(C)N(Cc1ccc(Cl)cc1)C(=O)CN(c1cc(OC)ccc1OC)S(=O)(=O)c1ccccc1. The molecule has 9 nitrogen and oxygen atoms in total. The summed E-state index contributed by atoms with van der Waals surface area (Å²) in [7, 11) is -1.38. The van der Waals surface area contributed by atoms with Crippen molar-refractivity contribution in [3.05, 3.63) is 83.4 Å². The third kappa shape index (κ3) is 7.45. The van der Waals surface area contributed by atoms with Gasteiger partial charge in [-0.1, -0.05) is 48.9 Å². The van der Waals surface area contributed by atoms with E-state index in [0.29, 0.717) is 17.3 Å². The summed E-state index contributed by atoms with van der Waals surface area (Å²) < 4.78 is 39.7. The third-order valence-corrected chi connectivity index (χ3v) is 8.27. The first-order valence-corrected chi connectivity index (χ1v) is 14.6. The molecular formula is C29H34ClN3O6S. The average Bonchev–Trinajstić information content (AvgIpc) is 2.97. The number of hydrogen-bond acceptors (Lipinski definition) is 6. The normalized spacial score (nSPS) is 11.8. The topological polar surface area (TPSA) is 105 Å². The second-order valence-corrected chi connectivity index (χ2v) is 11.3. The number of hydrogen-bond donors (Lipinski definition) is 1. The fourth-order valence-corrected chi connectivity index (χ4v) is 5.55. The Morgan fingerprint density at radius 2 is 1.65 bits per heavy atom. The number of carbonyl (C=O) groups is 2. The van der Waals surface area contributed by atoms with Crippen LogP contribution in [0.5, 0.6) is 11.5 Å². The Kier molecular flexibility index (Phi) is 10.8. The first-order valence-electron chi connectivity index (χ1n) is 12.7. The summed E-state index contributed by atoms with van der Waals surface area (Å²) in [5, 5.41) is 3.34. The Hall–Kier alpha value is -3.76. The Labute approximate surface area is 240 Å². The van der Waals surface area contributed by atoms with Crippen LogP contribution in [-0.4, -0.2) is 58.5 Å². The molecule has 1 atom stereocenters. The molecule has 0 spiro atoms. The second-order valence-electron chi connectivity index (χ2n) is 8.98.